The van der Waals surface area contributed by atoms with Gasteiger partial charge in [0, 0.05) is 36.7 Å². The molecule has 6 atom stereocenters. The maximum Gasteiger partial charge on any atom is 0.306 e. The van der Waals surface area contributed by atoms with Crippen LogP contribution >= 0.6 is 21.6 Å². The van der Waals surface area contributed by atoms with Gasteiger partial charge in [0.2, 0.25) is 5.91 Å². The molecule has 1 aromatic rings. The van der Waals surface area contributed by atoms with Gasteiger partial charge in [0.15, 0.2) is 0 Å². The van der Waals surface area contributed by atoms with Crippen LogP contribution in [0.3, 0.4) is 0 Å². The summed E-state index contributed by atoms with van der Waals surface area (Å²) < 4.78 is 5.92. The lowest BCUT2D eigenvalue weighted by molar-refractivity contribution is -0.150. The molecule has 4 aliphatic rings. The number of amides is 1. The summed E-state index contributed by atoms with van der Waals surface area (Å²) >= 11 is 0. The lowest BCUT2D eigenvalue weighted by atomic mass is 9.47. The van der Waals surface area contributed by atoms with Gasteiger partial charge in [-0.1, -0.05) is 107 Å². The van der Waals surface area contributed by atoms with Crippen molar-refractivity contribution in [3.63, 3.8) is 0 Å². The number of nitrogens with two attached hydrogens (primary N) is 1. The summed E-state index contributed by atoms with van der Waals surface area (Å²) in [6, 6.07) is 4.29. The van der Waals surface area contributed by atoms with E-state index >= 15 is 0 Å². The van der Waals surface area contributed by atoms with Crippen LogP contribution in [0.25, 0.3) is 5.57 Å². The summed E-state index contributed by atoms with van der Waals surface area (Å²) in [7, 11) is 3.20. The number of hydrogen-bond acceptors (Lipinski definition) is 7. The first-order valence-corrected chi connectivity index (χ1v) is 20.6. The zero-order chi connectivity index (χ0) is 35.7. The molecule has 0 aliphatic heterocycles. The van der Waals surface area contributed by atoms with Crippen molar-refractivity contribution in [3.8, 4) is 0 Å². The molecule has 3 N–H and O–H groups in total. The Morgan fingerprint density at radius 1 is 1.06 bits per heavy atom. The summed E-state index contributed by atoms with van der Waals surface area (Å²) in [5.74, 6) is 4.05. The Kier molecular flexibility index (Phi) is 18.4. The predicted molar refractivity (Wildman–Crippen MR) is 202 cm³/mol. The SMILES string of the molecule is CC.CC12CC[C@H]3C(CC=C4CC(OC(=O)CCSSCCC(N)=O)CCC43C)C1CC=C2c1cccnc1.CCCC(C)C.O=CO. The Morgan fingerprint density at radius 2 is 1.73 bits per heavy atom. The summed E-state index contributed by atoms with van der Waals surface area (Å²) in [5.41, 5.74) is 10.00. The molecule has 0 radical (unpaired) electrons. The number of primary amides is 1. The van der Waals surface area contributed by atoms with E-state index in [1.807, 2.05) is 26.2 Å². The van der Waals surface area contributed by atoms with Gasteiger partial charge in [0.25, 0.3) is 6.47 Å². The maximum atomic E-state index is 12.5. The Morgan fingerprint density at radius 3 is 2.31 bits per heavy atom. The highest BCUT2D eigenvalue weighted by molar-refractivity contribution is 8.76. The third-order valence-corrected chi connectivity index (χ3v) is 13.1. The van der Waals surface area contributed by atoms with Crippen molar-refractivity contribution in [1.82, 2.24) is 4.98 Å². The van der Waals surface area contributed by atoms with Gasteiger partial charge in [0.05, 0.1) is 6.42 Å². The summed E-state index contributed by atoms with van der Waals surface area (Å²) in [6.07, 6.45) is 20.3. The number of pyridine rings is 1. The lowest BCUT2D eigenvalue weighted by Crippen LogP contribution is -2.50. The number of carboxylic acid groups (broad SMARTS) is 1. The number of fused-ring (bicyclic) bond motifs is 5. The van der Waals surface area contributed by atoms with Crippen LogP contribution in [0.4, 0.5) is 0 Å². The van der Waals surface area contributed by atoms with Crippen molar-refractivity contribution in [2.24, 2.45) is 40.2 Å². The first kappa shape index (κ1) is 41.9. The first-order chi connectivity index (χ1) is 23.0. The number of allylic oxidation sites excluding steroid dienone is 3. The van der Waals surface area contributed by atoms with Gasteiger partial charge in [-0.25, -0.2) is 0 Å². The molecule has 9 heteroatoms. The normalized spacial score (nSPS) is 28.2. The number of aromatic nitrogens is 1. The number of carbonyl (C=O) groups is 3. The molecule has 2 saturated carbocycles. The number of rotatable bonds is 11. The molecule has 48 heavy (non-hydrogen) atoms. The lowest BCUT2D eigenvalue weighted by Gasteiger charge is -2.57. The molecule has 0 saturated heterocycles. The van der Waals surface area contributed by atoms with E-state index in [-0.39, 0.29) is 35.3 Å². The topological polar surface area (TPSA) is 120 Å². The van der Waals surface area contributed by atoms with Crippen molar-refractivity contribution in [3.05, 3.63) is 47.8 Å². The molecule has 270 valence electrons. The average molecular weight is 703 g/mol. The summed E-state index contributed by atoms with van der Waals surface area (Å²) in [6.45, 7) is 15.5. The van der Waals surface area contributed by atoms with Gasteiger partial charge in [-0.15, -0.1) is 0 Å². The van der Waals surface area contributed by atoms with Gasteiger partial charge >= 0.3 is 5.97 Å². The number of nitrogens with zero attached hydrogens (tertiary/aromatic N) is 1. The van der Waals surface area contributed by atoms with Crippen LogP contribution in [0.15, 0.2) is 42.3 Å². The highest BCUT2D eigenvalue weighted by atomic mass is 33.1. The van der Waals surface area contributed by atoms with Crippen molar-refractivity contribution < 1.29 is 24.2 Å². The van der Waals surface area contributed by atoms with E-state index < -0.39 is 0 Å². The molecule has 1 amide bonds. The van der Waals surface area contributed by atoms with Gasteiger partial charge in [-0.3, -0.25) is 19.4 Å². The fraction of sp³-hybridized carbons (Fsp3) is 0.692. The molecule has 7 nitrogen and oxygen atoms in total. The van der Waals surface area contributed by atoms with E-state index in [9.17, 15) is 9.59 Å². The molecule has 0 spiro atoms. The van der Waals surface area contributed by atoms with E-state index in [0.29, 0.717) is 30.3 Å². The van der Waals surface area contributed by atoms with Gasteiger partial charge in [-0.2, -0.15) is 0 Å². The van der Waals surface area contributed by atoms with Crippen LogP contribution in [0.2, 0.25) is 0 Å². The monoisotopic (exact) mass is 702 g/mol. The highest BCUT2D eigenvalue weighted by Crippen LogP contribution is 2.66. The van der Waals surface area contributed by atoms with Crippen molar-refractivity contribution in [1.29, 1.82) is 0 Å². The second-order valence-corrected chi connectivity index (χ2v) is 16.8. The van der Waals surface area contributed by atoms with E-state index in [2.05, 4.69) is 63.9 Å². The number of ether oxygens (including phenoxy) is 1. The van der Waals surface area contributed by atoms with Crippen LogP contribution in [0.5, 0.6) is 0 Å². The standard InChI is InChI=1S/C30H40N2O3S2.C6H14.C2H6.CH2O2/c1-29-13-9-22(35-28(34)12-17-37-36-16-11-27(31)33)18-21(29)5-6-23-25-8-7-24(20-4-3-15-32-19-20)30(25,2)14-10-26(23)29;1-4-5-6(2)3;1-2;2-1-3/h3-5,7,15,19,22-23,25-26H,6,8-14,16-18H2,1-2H3,(H2,31,33);6H,4-5H2,1-3H3;1-2H3;1H,(H,2,3)/t22?,23?,25?,26-,29?,30?;;;/m0.../s1. The first-order valence-electron chi connectivity index (χ1n) is 18.1. The van der Waals surface area contributed by atoms with Gasteiger partial charge < -0.3 is 15.6 Å². The van der Waals surface area contributed by atoms with Crippen LogP contribution < -0.4 is 5.73 Å². The minimum atomic E-state index is -0.281. The molecule has 1 heterocycles. The van der Waals surface area contributed by atoms with E-state index in [4.69, 9.17) is 20.4 Å². The number of carbonyl (C=O) groups excluding carboxylic acids is 2. The number of esters is 1. The van der Waals surface area contributed by atoms with Crippen LogP contribution in [-0.4, -0.2) is 46.0 Å². The predicted octanol–water partition coefficient (Wildman–Crippen LogP) is 9.77. The van der Waals surface area contributed by atoms with Crippen molar-refractivity contribution in [2.75, 3.05) is 11.5 Å². The zero-order valence-electron chi connectivity index (χ0n) is 30.5. The second-order valence-electron chi connectivity index (χ2n) is 14.1. The van der Waals surface area contributed by atoms with Crippen LogP contribution in [0, 0.1) is 34.5 Å². The molecule has 4 aliphatic carbocycles. The third kappa shape index (κ3) is 11.4. The number of hydrogen-bond donors (Lipinski definition) is 2. The molecule has 5 unspecified atom stereocenters. The molecular formula is C39H62N2O5S2. The Bertz CT molecular complexity index is 1210. The Labute approximate surface area is 298 Å². The molecule has 1 aromatic heterocycles. The van der Waals surface area contributed by atoms with Gasteiger partial charge in [-0.05, 0) is 90.2 Å². The van der Waals surface area contributed by atoms with Gasteiger partial charge in [0.1, 0.15) is 6.10 Å². The Hall–Kier alpha value is -2.26. The summed E-state index contributed by atoms with van der Waals surface area (Å²) in [5, 5.41) is 6.89. The molecule has 2 fully saturated rings. The van der Waals surface area contributed by atoms with Crippen LogP contribution in [0.1, 0.15) is 125 Å². The van der Waals surface area contributed by atoms with E-state index in [1.165, 1.54) is 48.8 Å². The Balaban J connectivity index is 0.000000639. The smallest absolute Gasteiger partial charge is 0.306 e. The van der Waals surface area contributed by atoms with Crippen LogP contribution in [-0.2, 0) is 19.1 Å². The van der Waals surface area contributed by atoms with E-state index in [0.717, 1.165) is 43.4 Å². The minimum Gasteiger partial charge on any atom is -0.483 e. The molecule has 0 aromatic carbocycles. The van der Waals surface area contributed by atoms with Crippen molar-refractivity contribution >= 4 is 45.5 Å². The fourth-order valence-electron chi connectivity index (χ4n) is 8.47. The van der Waals surface area contributed by atoms with Crippen molar-refractivity contribution in [2.45, 2.75) is 125 Å². The minimum absolute atomic E-state index is 0.00933. The third-order valence-electron chi connectivity index (χ3n) is 10.7. The maximum absolute atomic E-state index is 12.5. The largest absolute Gasteiger partial charge is 0.483 e. The zero-order valence-corrected chi connectivity index (χ0v) is 32.2. The highest BCUT2D eigenvalue weighted by Gasteiger charge is 2.57. The second kappa shape index (κ2) is 21.1. The molecular weight excluding hydrogens is 641 g/mol. The quantitative estimate of drug-likeness (QED) is 0.0769. The fourth-order valence-corrected chi connectivity index (χ4v) is 10.4. The average Bonchev–Trinajstić information content (AvgIpc) is 3.42. The molecule has 0 bridgehead atoms. The van der Waals surface area contributed by atoms with E-state index in [1.54, 1.807) is 21.6 Å². The summed E-state index contributed by atoms with van der Waals surface area (Å²) in [4.78, 5) is 36.1. The molecule has 5 rings (SSSR count).